The molecule has 3 aromatic heterocycles. The molecule has 0 fully saturated rings. The highest BCUT2D eigenvalue weighted by atomic mass is 16.5. The van der Waals surface area contributed by atoms with Gasteiger partial charge in [0.15, 0.2) is 5.58 Å². The summed E-state index contributed by atoms with van der Waals surface area (Å²) in [7, 11) is 1.56. The molecule has 36 heavy (non-hydrogen) atoms. The van der Waals surface area contributed by atoms with Gasteiger partial charge in [-0.25, -0.2) is 9.78 Å². The Morgan fingerprint density at radius 3 is 2.64 bits per heavy atom. The van der Waals surface area contributed by atoms with Gasteiger partial charge in [0, 0.05) is 10.9 Å². The second-order valence-corrected chi connectivity index (χ2v) is 7.93. The molecule has 0 saturated heterocycles. The van der Waals surface area contributed by atoms with Crippen LogP contribution in [0.4, 0.5) is 0 Å². The fraction of sp³-hybridized carbons (Fsp3) is 0.185. The van der Waals surface area contributed by atoms with Gasteiger partial charge in [0.25, 0.3) is 0 Å². The summed E-state index contributed by atoms with van der Waals surface area (Å²) < 4.78 is 18.0. The van der Waals surface area contributed by atoms with Crippen molar-refractivity contribution in [2.45, 2.75) is 27.0 Å². The van der Waals surface area contributed by atoms with E-state index in [0.717, 1.165) is 16.7 Å². The minimum absolute atomic E-state index is 0.180. The molecule has 9 heteroatoms. The minimum Gasteiger partial charge on any atom is -0.496 e. The maximum absolute atomic E-state index is 12.9. The maximum atomic E-state index is 12.9. The molecular weight excluding hydrogens is 460 g/mol. The number of ether oxygens (including phenoxy) is 1. The van der Waals surface area contributed by atoms with Gasteiger partial charge < -0.3 is 18.8 Å². The van der Waals surface area contributed by atoms with Crippen LogP contribution < -0.4 is 10.5 Å². The summed E-state index contributed by atoms with van der Waals surface area (Å²) in [4.78, 5) is 17.4. The molecule has 0 bridgehead atoms. The zero-order valence-electron chi connectivity index (χ0n) is 19.9. The summed E-state index contributed by atoms with van der Waals surface area (Å²) in [6.45, 7) is 3.43. The molecule has 0 spiro atoms. The largest absolute Gasteiger partial charge is 0.496 e. The number of aromatic nitrogens is 3. The predicted molar refractivity (Wildman–Crippen MR) is 133 cm³/mol. The number of oxazole rings is 1. The number of pyridine rings is 1. The topological polar surface area (TPSA) is 127 Å². The van der Waals surface area contributed by atoms with Crippen LogP contribution in [0.2, 0.25) is 0 Å². The number of aliphatic hydroxyl groups excluding tert-OH is 1. The van der Waals surface area contributed by atoms with Gasteiger partial charge in [0.05, 0.1) is 48.7 Å². The SMILES string of the molecule is C#C.COc1cc2c(cc1-c1c(C)noc1C)nc(CO)c1oc(=O)n(Cc3cccc(C#N)c3)c12. The van der Waals surface area contributed by atoms with Crippen LogP contribution in [0.15, 0.2) is 50.1 Å². The highest BCUT2D eigenvalue weighted by Gasteiger charge is 2.22. The summed E-state index contributed by atoms with van der Waals surface area (Å²) in [5, 5.41) is 23.9. The molecule has 0 saturated carbocycles. The van der Waals surface area contributed by atoms with Crippen LogP contribution in [0.1, 0.15) is 28.3 Å². The lowest BCUT2D eigenvalue weighted by molar-refractivity contribution is 0.277. The lowest BCUT2D eigenvalue weighted by Crippen LogP contribution is -2.15. The van der Waals surface area contributed by atoms with Crippen molar-refractivity contribution >= 4 is 22.0 Å². The van der Waals surface area contributed by atoms with Gasteiger partial charge >= 0.3 is 5.76 Å². The van der Waals surface area contributed by atoms with E-state index in [1.165, 1.54) is 4.57 Å². The number of methoxy groups -OCH3 is 1. The summed E-state index contributed by atoms with van der Waals surface area (Å²) in [5.74, 6) is 0.597. The van der Waals surface area contributed by atoms with Crippen molar-refractivity contribution in [2.75, 3.05) is 7.11 Å². The third kappa shape index (κ3) is 3.98. The molecule has 1 N–H and O–H groups in total. The first-order valence-electron chi connectivity index (χ1n) is 10.9. The quantitative estimate of drug-likeness (QED) is 0.371. The Bertz CT molecular complexity index is 1700. The zero-order valence-corrected chi connectivity index (χ0v) is 19.9. The molecule has 0 atom stereocenters. The summed E-state index contributed by atoms with van der Waals surface area (Å²) in [5.41, 5.74) is 4.99. The molecule has 2 aromatic carbocycles. The van der Waals surface area contributed by atoms with Crippen LogP contribution in [0.25, 0.3) is 33.1 Å². The normalized spacial score (nSPS) is 10.7. The first-order chi connectivity index (χ1) is 17.4. The third-order valence-corrected chi connectivity index (χ3v) is 5.83. The number of benzene rings is 2. The number of terminal acetylenes is 1. The maximum Gasteiger partial charge on any atom is 0.420 e. The lowest BCUT2D eigenvalue weighted by Gasteiger charge is -2.12. The lowest BCUT2D eigenvalue weighted by atomic mass is 10.00. The first kappa shape index (κ1) is 24.3. The molecule has 0 unspecified atom stereocenters. The van der Waals surface area contributed by atoms with Crippen molar-refractivity contribution in [3.05, 3.63) is 75.2 Å². The summed E-state index contributed by atoms with van der Waals surface area (Å²) in [6, 6.07) is 12.7. The van der Waals surface area contributed by atoms with E-state index in [4.69, 9.17) is 13.7 Å². The number of hydrogen-bond donors (Lipinski definition) is 1. The van der Waals surface area contributed by atoms with E-state index in [1.807, 2.05) is 26.0 Å². The van der Waals surface area contributed by atoms with Crippen LogP contribution >= 0.6 is 0 Å². The molecule has 9 nitrogen and oxygen atoms in total. The molecule has 5 rings (SSSR count). The zero-order chi connectivity index (χ0) is 26.0. The van der Waals surface area contributed by atoms with E-state index >= 15 is 0 Å². The number of aliphatic hydroxyl groups is 1. The van der Waals surface area contributed by atoms with Crippen LogP contribution in [0.3, 0.4) is 0 Å². The Kier molecular flexibility index (Phi) is 6.60. The Labute approximate surface area is 206 Å². The number of hydrogen-bond acceptors (Lipinski definition) is 8. The molecule has 180 valence electrons. The Hall–Kier alpha value is -4.86. The van der Waals surface area contributed by atoms with Crippen molar-refractivity contribution in [1.82, 2.24) is 14.7 Å². The number of rotatable bonds is 5. The van der Waals surface area contributed by atoms with Crippen LogP contribution in [-0.4, -0.2) is 26.9 Å². The van der Waals surface area contributed by atoms with Gasteiger partial charge in [0.1, 0.15) is 22.7 Å². The van der Waals surface area contributed by atoms with E-state index in [2.05, 4.69) is 29.1 Å². The second kappa shape index (κ2) is 9.79. The average Bonchev–Trinajstić information content (AvgIpc) is 3.41. The minimum atomic E-state index is -0.588. The van der Waals surface area contributed by atoms with E-state index in [1.54, 1.807) is 31.4 Å². The highest BCUT2D eigenvalue weighted by molar-refractivity contribution is 6.05. The Morgan fingerprint density at radius 2 is 2.00 bits per heavy atom. The number of nitriles is 1. The van der Waals surface area contributed by atoms with Gasteiger partial charge in [-0.1, -0.05) is 17.3 Å². The standard InChI is InChI=1S/C25H20N4O5.C2H2/c1-13-22(14(2)34-28-13)18-8-19-17(9-21(18)32-3)23-24(20(12-30)27-19)33-25(31)29(23)11-16-6-4-5-15(7-16)10-26;1-2/h4-9,30H,11-12H2,1-3H3;1-2H. The number of nitrogens with zero attached hydrogens (tertiary/aromatic N) is 4. The van der Waals surface area contributed by atoms with Crippen molar-refractivity contribution < 1.29 is 18.8 Å². The monoisotopic (exact) mass is 482 g/mol. The molecule has 0 aliphatic heterocycles. The van der Waals surface area contributed by atoms with Crippen LogP contribution in [-0.2, 0) is 13.2 Å². The summed E-state index contributed by atoms with van der Waals surface area (Å²) >= 11 is 0. The van der Waals surface area contributed by atoms with Gasteiger partial charge in [0.2, 0.25) is 0 Å². The summed E-state index contributed by atoms with van der Waals surface area (Å²) in [6.07, 6.45) is 8.00. The van der Waals surface area contributed by atoms with Crippen LogP contribution in [0.5, 0.6) is 5.75 Å². The number of fused-ring (bicyclic) bond motifs is 3. The van der Waals surface area contributed by atoms with E-state index in [-0.39, 0.29) is 17.8 Å². The smallest absolute Gasteiger partial charge is 0.420 e. The van der Waals surface area contributed by atoms with Crippen molar-refractivity contribution in [3.8, 4) is 35.8 Å². The Balaban J connectivity index is 0.00000148. The molecule has 0 amide bonds. The van der Waals surface area contributed by atoms with Gasteiger partial charge in [-0.3, -0.25) is 4.57 Å². The molecule has 5 aromatic rings. The second-order valence-electron chi connectivity index (χ2n) is 7.93. The van der Waals surface area contributed by atoms with Gasteiger partial charge in [-0.15, -0.1) is 12.8 Å². The number of aryl methyl sites for hydroxylation is 2. The Morgan fingerprint density at radius 1 is 1.22 bits per heavy atom. The van der Waals surface area contributed by atoms with Gasteiger partial charge in [-0.05, 0) is 43.7 Å². The van der Waals surface area contributed by atoms with E-state index in [0.29, 0.717) is 39.2 Å². The average molecular weight is 482 g/mol. The molecule has 3 heterocycles. The predicted octanol–water partition coefficient (Wildman–Crippen LogP) is 4.08. The van der Waals surface area contributed by atoms with Crippen LogP contribution in [0, 0.1) is 38.0 Å². The van der Waals surface area contributed by atoms with Crippen molar-refractivity contribution in [1.29, 1.82) is 5.26 Å². The molecular formula is C27H22N4O5. The van der Waals surface area contributed by atoms with E-state index in [9.17, 15) is 15.2 Å². The van der Waals surface area contributed by atoms with Crippen molar-refractivity contribution in [3.63, 3.8) is 0 Å². The van der Waals surface area contributed by atoms with Crippen molar-refractivity contribution in [2.24, 2.45) is 0 Å². The molecule has 0 aliphatic rings. The van der Waals surface area contributed by atoms with E-state index < -0.39 is 12.4 Å². The molecule has 0 aliphatic carbocycles. The first-order valence-corrected chi connectivity index (χ1v) is 10.9. The van der Waals surface area contributed by atoms with Gasteiger partial charge in [-0.2, -0.15) is 5.26 Å². The third-order valence-electron chi connectivity index (χ3n) is 5.83. The fourth-order valence-corrected chi connectivity index (χ4v) is 4.32. The highest BCUT2D eigenvalue weighted by Crippen LogP contribution is 2.39. The fourth-order valence-electron chi connectivity index (χ4n) is 4.32. The molecule has 0 radical (unpaired) electrons.